The van der Waals surface area contributed by atoms with Crippen LogP contribution in [-0.2, 0) is 0 Å². The minimum absolute atomic E-state index is 0.804. The van der Waals surface area contributed by atoms with Crippen molar-refractivity contribution in [3.63, 3.8) is 0 Å². The maximum atomic E-state index is 4.38. The van der Waals surface area contributed by atoms with E-state index in [0.717, 1.165) is 5.54 Å². The fourth-order valence-corrected chi connectivity index (χ4v) is 3.76. The van der Waals surface area contributed by atoms with Crippen molar-refractivity contribution in [1.29, 1.82) is 0 Å². The lowest BCUT2D eigenvalue weighted by molar-refractivity contribution is 0.793. The van der Waals surface area contributed by atoms with Gasteiger partial charge in [0.2, 0.25) is 0 Å². The van der Waals surface area contributed by atoms with Crippen LogP contribution < -0.4 is 0 Å². The summed E-state index contributed by atoms with van der Waals surface area (Å²) in [6, 6.07) is 1.47. The Hall–Kier alpha value is -0.113. The average molecular weight is 111 g/mol. The van der Waals surface area contributed by atoms with E-state index in [9.17, 15) is 0 Å². The first-order valence-corrected chi connectivity index (χ1v) is 5.60. The summed E-state index contributed by atoms with van der Waals surface area (Å²) in [5.74, 6) is 0. The van der Waals surface area contributed by atoms with Gasteiger partial charge in [-0.25, -0.2) is 0 Å². The summed E-state index contributed by atoms with van der Waals surface area (Å²) >= 11 is 0. The molecular formula is C5H9NSi. The Bertz CT molecular complexity index is 132. The van der Waals surface area contributed by atoms with Crippen molar-refractivity contribution in [2.24, 2.45) is 4.66 Å². The summed E-state index contributed by atoms with van der Waals surface area (Å²) in [6.07, 6.45) is 3.60. The molecule has 0 radical (unpaired) electrons. The summed E-state index contributed by atoms with van der Waals surface area (Å²) in [6.45, 7) is 2.38. The van der Waals surface area contributed by atoms with Crippen LogP contribution in [0.1, 0.15) is 6.42 Å². The molecule has 1 fully saturated rings. The number of nitrogens with zero attached hydrogens (tertiary/aromatic N) is 1. The van der Waals surface area contributed by atoms with Crippen LogP contribution in [0.3, 0.4) is 0 Å². The van der Waals surface area contributed by atoms with Gasteiger partial charge in [-0.15, -0.1) is 0 Å². The van der Waals surface area contributed by atoms with Crippen LogP contribution >= 0.6 is 0 Å². The molecule has 2 aliphatic heterocycles. The van der Waals surface area contributed by atoms with E-state index < -0.39 is 8.24 Å². The van der Waals surface area contributed by atoms with E-state index in [1.165, 1.54) is 12.5 Å². The number of rotatable bonds is 0. The van der Waals surface area contributed by atoms with E-state index in [-0.39, 0.29) is 0 Å². The highest BCUT2D eigenvalue weighted by molar-refractivity contribution is 6.88. The molecule has 7 heavy (non-hydrogen) atoms. The maximum Gasteiger partial charge on any atom is 0.185 e. The van der Waals surface area contributed by atoms with Gasteiger partial charge in [0.1, 0.15) is 0 Å². The molecule has 0 N–H and O–H groups in total. The summed E-state index contributed by atoms with van der Waals surface area (Å²) in [5.41, 5.74) is 1.01. The lowest BCUT2D eigenvalue weighted by Gasteiger charge is -2.46. The molecule has 2 heteroatoms. The van der Waals surface area contributed by atoms with E-state index in [4.69, 9.17) is 0 Å². The standard InChI is InChI=1S/C5H9NSi/c1-7-3-2-5(7)4-6-7/h4-5H,2-3H2,1H3. The van der Waals surface area contributed by atoms with Gasteiger partial charge in [0, 0.05) is 5.54 Å². The van der Waals surface area contributed by atoms with Gasteiger partial charge in [-0.3, -0.25) is 0 Å². The quantitative estimate of drug-likeness (QED) is 0.419. The SMILES string of the molecule is C[Si]12CCC1C=N2. The highest BCUT2D eigenvalue weighted by atomic mass is 28.3. The normalized spacial score (nSPS) is 54.7. The highest BCUT2D eigenvalue weighted by Crippen LogP contribution is 2.47. The van der Waals surface area contributed by atoms with Gasteiger partial charge in [0.25, 0.3) is 0 Å². The van der Waals surface area contributed by atoms with Crippen molar-refractivity contribution in [2.75, 3.05) is 0 Å². The lowest BCUT2D eigenvalue weighted by Crippen LogP contribution is -2.51. The average Bonchev–Trinajstić information content (AvgIpc) is 1.67. The van der Waals surface area contributed by atoms with Crippen molar-refractivity contribution in [2.45, 2.75) is 24.6 Å². The van der Waals surface area contributed by atoms with Crippen molar-refractivity contribution in [3.8, 4) is 0 Å². The zero-order valence-electron chi connectivity index (χ0n) is 4.52. The van der Waals surface area contributed by atoms with Crippen molar-refractivity contribution >= 4 is 14.5 Å². The van der Waals surface area contributed by atoms with Crippen LogP contribution in [-0.4, -0.2) is 14.5 Å². The lowest BCUT2D eigenvalue weighted by atomic mass is 10.3. The Morgan fingerprint density at radius 1 is 1.86 bits per heavy atom. The van der Waals surface area contributed by atoms with Crippen LogP contribution in [0.15, 0.2) is 4.66 Å². The predicted octanol–water partition coefficient (Wildman–Crippen LogP) is 1.42. The Kier molecular flexibility index (Phi) is 0.464. The summed E-state index contributed by atoms with van der Waals surface area (Å²) < 4.78 is 4.38. The summed E-state index contributed by atoms with van der Waals surface area (Å²) in [5, 5.41) is 0. The third-order valence-corrected chi connectivity index (χ3v) is 6.38. The molecule has 2 aliphatic rings. The van der Waals surface area contributed by atoms with Gasteiger partial charge in [-0.2, -0.15) is 0 Å². The van der Waals surface area contributed by atoms with Crippen LogP contribution in [0.25, 0.3) is 0 Å². The fraction of sp³-hybridized carbons (Fsp3) is 0.800. The van der Waals surface area contributed by atoms with Crippen molar-refractivity contribution in [1.82, 2.24) is 0 Å². The molecule has 2 rings (SSSR count). The third-order valence-electron chi connectivity index (χ3n) is 2.31. The Morgan fingerprint density at radius 3 is 2.57 bits per heavy atom. The molecular weight excluding hydrogens is 102 g/mol. The molecule has 0 amide bonds. The maximum absolute atomic E-state index is 4.38. The van der Waals surface area contributed by atoms with Gasteiger partial charge >= 0.3 is 0 Å². The summed E-state index contributed by atoms with van der Waals surface area (Å²) in [7, 11) is -0.804. The molecule has 2 unspecified atom stereocenters. The van der Waals surface area contributed by atoms with E-state index in [2.05, 4.69) is 17.4 Å². The van der Waals surface area contributed by atoms with Gasteiger partial charge in [-0.1, -0.05) is 0 Å². The highest BCUT2D eigenvalue weighted by Gasteiger charge is 2.49. The molecule has 1 saturated heterocycles. The second kappa shape index (κ2) is 0.847. The smallest absolute Gasteiger partial charge is 0.185 e. The molecule has 0 aromatic heterocycles. The van der Waals surface area contributed by atoms with Crippen LogP contribution in [0.2, 0.25) is 18.1 Å². The third kappa shape index (κ3) is 0.278. The Morgan fingerprint density at radius 2 is 2.57 bits per heavy atom. The van der Waals surface area contributed by atoms with Crippen LogP contribution in [0, 0.1) is 0 Å². The van der Waals surface area contributed by atoms with E-state index in [1.54, 1.807) is 0 Å². The van der Waals surface area contributed by atoms with Crippen LogP contribution in [0.4, 0.5) is 0 Å². The zero-order chi connectivity index (χ0) is 4.91. The molecule has 0 aliphatic carbocycles. The Labute approximate surface area is 44.5 Å². The summed E-state index contributed by atoms with van der Waals surface area (Å²) in [4.78, 5) is 0. The van der Waals surface area contributed by atoms with Gasteiger partial charge < -0.3 is 4.66 Å². The largest absolute Gasteiger partial charge is 0.332 e. The van der Waals surface area contributed by atoms with Crippen LogP contribution in [0.5, 0.6) is 0 Å². The molecule has 0 spiro atoms. The molecule has 2 atom stereocenters. The van der Waals surface area contributed by atoms with E-state index in [1.807, 2.05) is 0 Å². The number of hydrogen-bond acceptors (Lipinski definition) is 1. The molecule has 2 heterocycles. The first kappa shape index (κ1) is 3.84. The van der Waals surface area contributed by atoms with E-state index in [0.29, 0.717) is 0 Å². The topological polar surface area (TPSA) is 12.4 Å². The van der Waals surface area contributed by atoms with Gasteiger partial charge in [0.05, 0.1) is 0 Å². The molecule has 38 valence electrons. The molecule has 0 saturated carbocycles. The molecule has 0 aromatic rings. The predicted molar refractivity (Wildman–Crippen MR) is 33.3 cm³/mol. The zero-order valence-corrected chi connectivity index (χ0v) is 5.52. The molecule has 0 aromatic carbocycles. The molecule has 1 nitrogen and oxygen atoms in total. The second-order valence-corrected chi connectivity index (χ2v) is 6.99. The Balaban J connectivity index is 2.30. The van der Waals surface area contributed by atoms with E-state index >= 15 is 0 Å². The van der Waals surface area contributed by atoms with Gasteiger partial charge in [-0.05, 0) is 25.2 Å². The van der Waals surface area contributed by atoms with Gasteiger partial charge in [0.15, 0.2) is 8.24 Å². The van der Waals surface area contributed by atoms with Crippen molar-refractivity contribution < 1.29 is 0 Å². The number of fused-ring (bicyclic) bond motifs is 1. The monoisotopic (exact) mass is 111 g/mol. The fourth-order valence-electron chi connectivity index (χ4n) is 1.30. The number of hydrogen-bond donors (Lipinski definition) is 0. The second-order valence-electron chi connectivity index (χ2n) is 2.78. The van der Waals surface area contributed by atoms with Crippen molar-refractivity contribution in [3.05, 3.63) is 0 Å². The molecule has 0 bridgehead atoms. The first-order chi connectivity index (χ1) is 3.31. The first-order valence-electron chi connectivity index (χ1n) is 2.87. The minimum Gasteiger partial charge on any atom is -0.332 e. The minimum atomic E-state index is -0.804.